The summed E-state index contributed by atoms with van der Waals surface area (Å²) in [4.78, 5) is 2.90. The average molecular weight is 330 g/mol. The van der Waals surface area contributed by atoms with Crippen molar-refractivity contribution < 1.29 is 35.4 Å². The predicted molar refractivity (Wildman–Crippen MR) is 69.5 cm³/mol. The van der Waals surface area contributed by atoms with Crippen LogP contribution in [0.25, 0.3) is 0 Å². The van der Waals surface area contributed by atoms with Gasteiger partial charge >= 0.3 is 0 Å². The number of nitrogens with one attached hydrogen (secondary N) is 1. The van der Waals surface area contributed by atoms with E-state index in [4.69, 9.17) is 11.6 Å². The molecule has 1 fully saturated rings. The Hall–Kier alpha value is 0.360. The zero-order chi connectivity index (χ0) is 11.5. The fourth-order valence-corrected chi connectivity index (χ4v) is 3.50. The Balaban J connectivity index is 0.00000144. The van der Waals surface area contributed by atoms with Crippen LogP contribution < -0.4 is 35.4 Å². The second-order valence-corrected chi connectivity index (χ2v) is 6.30. The summed E-state index contributed by atoms with van der Waals surface area (Å²) in [5.74, 6) is 0. The molecule has 18 heavy (non-hydrogen) atoms. The molecule has 1 saturated heterocycles. The van der Waals surface area contributed by atoms with E-state index in [-0.39, 0.29) is 24.8 Å². The van der Waals surface area contributed by atoms with E-state index in [0.29, 0.717) is 0 Å². The van der Waals surface area contributed by atoms with E-state index in [2.05, 4.69) is 12.8 Å². The summed E-state index contributed by atoms with van der Waals surface area (Å²) in [6.45, 7) is 2.56. The molecule has 1 aliphatic rings. The molecule has 0 aromatic heterocycles. The van der Waals surface area contributed by atoms with Crippen molar-refractivity contribution in [1.29, 1.82) is 0 Å². The molecule has 0 aliphatic carbocycles. The highest BCUT2D eigenvalue weighted by Crippen LogP contribution is 2.33. The highest BCUT2D eigenvalue weighted by Gasteiger charge is 2.21. The lowest BCUT2D eigenvalue weighted by molar-refractivity contribution is -0.884. The maximum absolute atomic E-state index is 6.01. The van der Waals surface area contributed by atoms with E-state index in [1.54, 1.807) is 4.90 Å². The van der Waals surface area contributed by atoms with E-state index in [1.165, 1.54) is 30.8 Å². The lowest BCUT2D eigenvalue weighted by atomic mass is 10.1. The number of thioether (sulfide) groups is 1. The largest absolute Gasteiger partial charge is 1.00 e. The topological polar surface area (TPSA) is 32.1 Å². The molecule has 0 spiro atoms. The van der Waals surface area contributed by atoms with Crippen LogP contribution in [0.4, 0.5) is 5.69 Å². The third-order valence-electron chi connectivity index (χ3n) is 3.11. The molecule has 4 N–H and O–H groups in total. The molecule has 1 aromatic rings. The smallest absolute Gasteiger partial charge is 0.141 e. The minimum atomic E-state index is 0. The SMILES string of the molecule is C[NH+]1CCC(Sc2cc(Cl)ccc2[NH3+])CC1.[Cl-].[Cl-]. The number of piperidine rings is 1. The highest BCUT2D eigenvalue weighted by atomic mass is 35.5. The summed E-state index contributed by atoms with van der Waals surface area (Å²) < 4.78 is 0. The second kappa shape index (κ2) is 8.51. The number of hydrogen-bond acceptors (Lipinski definition) is 1. The van der Waals surface area contributed by atoms with Gasteiger partial charge in [0.15, 0.2) is 0 Å². The van der Waals surface area contributed by atoms with Crippen molar-refractivity contribution in [2.24, 2.45) is 0 Å². The third-order valence-corrected chi connectivity index (χ3v) is 4.78. The van der Waals surface area contributed by atoms with E-state index in [1.807, 2.05) is 30.0 Å². The van der Waals surface area contributed by atoms with Gasteiger partial charge in [0.05, 0.1) is 25.0 Å². The Kier molecular flexibility index (Phi) is 8.69. The van der Waals surface area contributed by atoms with E-state index < -0.39 is 0 Å². The first-order chi connectivity index (χ1) is 7.65. The fraction of sp³-hybridized carbons (Fsp3) is 0.500. The fourth-order valence-electron chi connectivity index (χ4n) is 2.02. The molecule has 2 rings (SSSR count). The first kappa shape index (κ1) is 18.4. The maximum atomic E-state index is 6.01. The lowest BCUT2D eigenvalue weighted by Crippen LogP contribution is -3.10. The molecule has 0 radical (unpaired) electrons. The molecule has 104 valence electrons. The molecule has 0 bridgehead atoms. The van der Waals surface area contributed by atoms with Gasteiger partial charge in [-0.05, 0) is 12.1 Å². The van der Waals surface area contributed by atoms with Crippen LogP contribution in [0.3, 0.4) is 0 Å². The van der Waals surface area contributed by atoms with Gasteiger partial charge in [0, 0.05) is 29.2 Å². The monoisotopic (exact) mass is 328 g/mol. The van der Waals surface area contributed by atoms with Crippen molar-refractivity contribution in [3.05, 3.63) is 23.2 Å². The zero-order valence-electron chi connectivity index (χ0n) is 10.4. The lowest BCUT2D eigenvalue weighted by Gasteiger charge is -2.25. The van der Waals surface area contributed by atoms with E-state index >= 15 is 0 Å². The zero-order valence-corrected chi connectivity index (χ0v) is 13.5. The van der Waals surface area contributed by atoms with Crippen molar-refractivity contribution in [2.75, 3.05) is 20.1 Å². The molecule has 1 aliphatic heterocycles. The standard InChI is InChI=1S/C12H17ClN2S.2ClH/c1-15-6-4-10(5-7-15)16-12-8-9(13)2-3-11(12)14;;/h2-3,8,10H,4-7,14H2,1H3;2*1H. The van der Waals surface area contributed by atoms with Gasteiger partial charge in [-0.1, -0.05) is 11.6 Å². The van der Waals surface area contributed by atoms with Gasteiger partial charge in [0.2, 0.25) is 0 Å². The number of rotatable bonds is 2. The van der Waals surface area contributed by atoms with Crippen molar-refractivity contribution in [3.8, 4) is 0 Å². The molecule has 1 aromatic carbocycles. The van der Waals surface area contributed by atoms with Crippen molar-refractivity contribution >= 4 is 29.1 Å². The number of quaternary nitrogens is 2. The highest BCUT2D eigenvalue weighted by molar-refractivity contribution is 8.00. The predicted octanol–water partition coefficient (Wildman–Crippen LogP) is -5.01. The first-order valence-corrected chi connectivity index (χ1v) is 7.00. The molecule has 0 unspecified atom stereocenters. The molecule has 6 heteroatoms. The molecule has 0 atom stereocenters. The van der Waals surface area contributed by atoms with Crippen LogP contribution in [-0.2, 0) is 0 Å². The van der Waals surface area contributed by atoms with Gasteiger partial charge in [-0.3, -0.25) is 0 Å². The molecular weight excluding hydrogens is 311 g/mol. The summed E-state index contributed by atoms with van der Waals surface area (Å²) in [5.41, 5.74) is 5.16. The molecular formula is C12H19Cl3N2S. The number of likely N-dealkylation sites (tertiary alicyclic amines) is 1. The molecule has 0 saturated carbocycles. The number of benzene rings is 1. The van der Waals surface area contributed by atoms with Gasteiger partial charge in [-0.25, -0.2) is 0 Å². The van der Waals surface area contributed by atoms with Crippen LogP contribution >= 0.6 is 23.4 Å². The maximum Gasteiger partial charge on any atom is 0.141 e. The van der Waals surface area contributed by atoms with E-state index in [0.717, 1.165) is 16.0 Å². The van der Waals surface area contributed by atoms with Crippen LogP contribution in [0.5, 0.6) is 0 Å². The molecule has 0 amide bonds. The van der Waals surface area contributed by atoms with Gasteiger partial charge in [-0.15, -0.1) is 11.8 Å². The van der Waals surface area contributed by atoms with Crippen molar-refractivity contribution in [1.82, 2.24) is 0 Å². The normalized spacial score (nSPS) is 22.8. The summed E-state index contributed by atoms with van der Waals surface area (Å²) in [6.07, 6.45) is 2.59. The van der Waals surface area contributed by atoms with Crippen LogP contribution in [0.1, 0.15) is 12.8 Å². The Bertz CT molecular complexity index is 368. The Labute approximate surface area is 130 Å². The van der Waals surface area contributed by atoms with Gasteiger partial charge in [0.25, 0.3) is 0 Å². The number of halogens is 3. The average Bonchev–Trinajstić information content (AvgIpc) is 2.27. The Morgan fingerprint density at radius 1 is 1.28 bits per heavy atom. The van der Waals surface area contributed by atoms with Crippen LogP contribution in [-0.4, -0.2) is 25.4 Å². The third kappa shape index (κ3) is 5.16. The summed E-state index contributed by atoms with van der Waals surface area (Å²) in [7, 11) is 2.27. The molecule has 1 heterocycles. The Morgan fingerprint density at radius 2 is 1.89 bits per heavy atom. The first-order valence-electron chi connectivity index (χ1n) is 5.74. The van der Waals surface area contributed by atoms with Crippen LogP contribution in [0, 0.1) is 0 Å². The second-order valence-electron chi connectivity index (χ2n) is 4.53. The Morgan fingerprint density at radius 3 is 2.50 bits per heavy atom. The number of hydrogen-bond donors (Lipinski definition) is 2. The van der Waals surface area contributed by atoms with Crippen LogP contribution in [0.15, 0.2) is 23.1 Å². The minimum Gasteiger partial charge on any atom is -1.00 e. The van der Waals surface area contributed by atoms with Gasteiger partial charge in [-0.2, -0.15) is 0 Å². The minimum absolute atomic E-state index is 0. The van der Waals surface area contributed by atoms with Gasteiger partial charge < -0.3 is 35.4 Å². The van der Waals surface area contributed by atoms with Crippen LogP contribution in [0.2, 0.25) is 5.02 Å². The molecule has 2 nitrogen and oxygen atoms in total. The van der Waals surface area contributed by atoms with Crippen molar-refractivity contribution in [3.63, 3.8) is 0 Å². The summed E-state index contributed by atoms with van der Waals surface area (Å²) in [6, 6.07) is 5.96. The quantitative estimate of drug-likeness (QED) is 0.560. The van der Waals surface area contributed by atoms with Crippen molar-refractivity contribution in [2.45, 2.75) is 23.0 Å². The van der Waals surface area contributed by atoms with E-state index in [9.17, 15) is 0 Å². The van der Waals surface area contributed by atoms with Gasteiger partial charge in [0.1, 0.15) is 5.69 Å². The summed E-state index contributed by atoms with van der Waals surface area (Å²) >= 11 is 7.96. The summed E-state index contributed by atoms with van der Waals surface area (Å²) in [5, 5.41) is 1.55.